The molecule has 2 heterocycles. The Morgan fingerprint density at radius 1 is 0.828 bits per heavy atom. The lowest BCUT2D eigenvalue weighted by molar-refractivity contribution is 0.633. The Bertz CT molecular complexity index is 1430. The van der Waals surface area contributed by atoms with Crippen molar-refractivity contribution in [1.82, 2.24) is 4.98 Å². The predicted octanol–water partition coefficient (Wildman–Crippen LogP) is 7.28. The lowest BCUT2D eigenvalue weighted by Crippen LogP contribution is -2.18. The number of benzene rings is 3. The first-order valence-electron chi connectivity index (χ1n) is 11.2. The maximum absolute atomic E-state index is 7.72. The van der Waals surface area contributed by atoms with Crippen molar-refractivity contribution in [3.05, 3.63) is 102 Å². The third-order valence-corrected chi connectivity index (χ3v) is 5.75. The molecular formula is C27H23NO. The molecule has 5 rings (SSSR count). The van der Waals surface area contributed by atoms with E-state index in [-0.39, 0.29) is 11.0 Å². The molecule has 2 nitrogen and oxygen atoms in total. The van der Waals surface area contributed by atoms with Crippen molar-refractivity contribution in [2.45, 2.75) is 26.1 Å². The van der Waals surface area contributed by atoms with Crippen LogP contribution in [0, 0.1) is 6.85 Å². The van der Waals surface area contributed by atoms with E-state index in [1.807, 2.05) is 24.3 Å². The highest BCUT2D eigenvalue weighted by Gasteiger charge is 2.24. The lowest BCUT2D eigenvalue weighted by atomic mass is 9.78. The summed E-state index contributed by atoms with van der Waals surface area (Å²) in [5.41, 5.74) is 5.39. The molecule has 0 atom stereocenters. The van der Waals surface area contributed by atoms with Crippen molar-refractivity contribution in [3.63, 3.8) is 0 Å². The Morgan fingerprint density at radius 3 is 2.52 bits per heavy atom. The molecule has 5 aromatic rings. The summed E-state index contributed by atoms with van der Waals surface area (Å²) in [6.07, 6.45) is 1.54. The predicted molar refractivity (Wildman–Crippen MR) is 120 cm³/mol. The van der Waals surface area contributed by atoms with Gasteiger partial charge >= 0.3 is 0 Å². The Kier molecular flexibility index (Phi) is 3.32. The minimum absolute atomic E-state index is 0.174. The second kappa shape index (κ2) is 6.59. The smallest absolute Gasteiger partial charge is 0.144 e. The summed E-state index contributed by atoms with van der Waals surface area (Å²) >= 11 is 0. The first-order valence-corrected chi connectivity index (χ1v) is 9.73. The van der Waals surface area contributed by atoms with E-state index in [2.05, 4.69) is 61.3 Å². The number of hydrogen-bond donors (Lipinski definition) is 0. The van der Waals surface area contributed by atoms with Gasteiger partial charge in [0.1, 0.15) is 11.2 Å². The zero-order valence-corrected chi connectivity index (χ0v) is 16.4. The molecule has 0 radical (unpaired) electrons. The van der Waals surface area contributed by atoms with Crippen LogP contribution in [0.5, 0.6) is 0 Å². The van der Waals surface area contributed by atoms with Crippen LogP contribution in [-0.4, -0.2) is 4.98 Å². The molecule has 3 aromatic carbocycles. The number of pyridine rings is 1. The van der Waals surface area contributed by atoms with Gasteiger partial charge in [-0.05, 0) is 47.8 Å². The normalized spacial score (nSPS) is 13.9. The number of aromatic nitrogens is 1. The standard InChI is InChI=1S/C27H23NO/c1-18-14-15-28-24(16-18)23-11-7-10-22-21-13-12-20(17-25(21)29-26(22)23)27(2,3)19-8-5-4-6-9-19/h4-17H,1-3H3/i1D3. The van der Waals surface area contributed by atoms with Crippen molar-refractivity contribution >= 4 is 21.9 Å². The molecule has 2 heteroatoms. The number of nitrogens with zero attached hydrogens (tertiary/aromatic N) is 1. The summed E-state index contributed by atoms with van der Waals surface area (Å²) in [5.74, 6) is 0. The van der Waals surface area contributed by atoms with Crippen LogP contribution in [0.3, 0.4) is 0 Å². The van der Waals surface area contributed by atoms with Gasteiger partial charge in [-0.2, -0.15) is 0 Å². The van der Waals surface area contributed by atoms with Gasteiger partial charge in [-0.1, -0.05) is 68.4 Å². The molecule has 142 valence electrons. The molecule has 0 aliphatic carbocycles. The number of fused-ring (bicyclic) bond motifs is 3. The fourth-order valence-electron chi connectivity index (χ4n) is 3.99. The molecule has 0 N–H and O–H groups in total. The highest BCUT2D eigenvalue weighted by Crippen LogP contribution is 2.38. The summed E-state index contributed by atoms with van der Waals surface area (Å²) in [7, 11) is 0. The van der Waals surface area contributed by atoms with Gasteiger partial charge in [-0.15, -0.1) is 0 Å². The third kappa shape index (κ3) is 2.92. The van der Waals surface area contributed by atoms with Gasteiger partial charge in [0, 0.05) is 32.1 Å². The highest BCUT2D eigenvalue weighted by atomic mass is 16.3. The maximum Gasteiger partial charge on any atom is 0.144 e. The average Bonchev–Trinajstić information content (AvgIpc) is 3.17. The average molecular weight is 381 g/mol. The van der Waals surface area contributed by atoms with Gasteiger partial charge in [0.05, 0.1) is 5.69 Å². The van der Waals surface area contributed by atoms with E-state index in [0.717, 1.165) is 21.9 Å². The van der Waals surface area contributed by atoms with Crippen LogP contribution in [0.15, 0.2) is 89.5 Å². The fourth-order valence-corrected chi connectivity index (χ4v) is 3.99. The van der Waals surface area contributed by atoms with Crippen LogP contribution in [0.4, 0.5) is 0 Å². The number of furan rings is 1. The Morgan fingerprint density at radius 2 is 1.69 bits per heavy atom. The van der Waals surface area contributed by atoms with Crippen LogP contribution >= 0.6 is 0 Å². The molecule has 0 spiro atoms. The molecule has 0 unspecified atom stereocenters. The second-order valence-electron chi connectivity index (χ2n) is 7.92. The molecule has 29 heavy (non-hydrogen) atoms. The summed E-state index contributed by atoms with van der Waals surface area (Å²) in [4.78, 5) is 4.43. The van der Waals surface area contributed by atoms with Crippen molar-refractivity contribution < 1.29 is 8.53 Å². The number of para-hydroxylation sites is 1. The van der Waals surface area contributed by atoms with Crippen molar-refractivity contribution in [2.24, 2.45) is 0 Å². The molecule has 0 saturated heterocycles. The van der Waals surface area contributed by atoms with E-state index < -0.39 is 6.85 Å². The van der Waals surface area contributed by atoms with Crippen LogP contribution in [0.2, 0.25) is 0 Å². The van der Waals surface area contributed by atoms with E-state index >= 15 is 0 Å². The SMILES string of the molecule is [2H]C([2H])([2H])c1ccnc(-c2cccc3c2oc2cc(C(C)(C)c4ccccc4)ccc23)c1. The maximum atomic E-state index is 7.72. The Labute approximate surface area is 175 Å². The van der Waals surface area contributed by atoms with E-state index in [1.54, 1.807) is 12.3 Å². The fraction of sp³-hybridized carbons (Fsp3) is 0.148. The largest absolute Gasteiger partial charge is 0.455 e. The van der Waals surface area contributed by atoms with Gasteiger partial charge in [0.2, 0.25) is 0 Å². The van der Waals surface area contributed by atoms with Crippen molar-refractivity contribution in [2.75, 3.05) is 0 Å². The number of rotatable bonds is 3. The monoisotopic (exact) mass is 380 g/mol. The van der Waals surface area contributed by atoms with Crippen LogP contribution in [-0.2, 0) is 5.41 Å². The van der Waals surface area contributed by atoms with Gasteiger partial charge in [0.25, 0.3) is 0 Å². The van der Waals surface area contributed by atoms with Crippen molar-refractivity contribution in [3.8, 4) is 11.3 Å². The molecule has 0 aliphatic rings. The van der Waals surface area contributed by atoms with Crippen molar-refractivity contribution in [1.29, 1.82) is 0 Å². The molecular weight excluding hydrogens is 354 g/mol. The zero-order valence-electron chi connectivity index (χ0n) is 19.4. The summed E-state index contributed by atoms with van der Waals surface area (Å²) in [6, 6.07) is 25.9. The van der Waals surface area contributed by atoms with Crippen LogP contribution < -0.4 is 0 Å². The van der Waals surface area contributed by atoms with Gasteiger partial charge in [-0.3, -0.25) is 4.98 Å². The number of aryl methyl sites for hydroxylation is 1. The first kappa shape index (κ1) is 14.6. The Hall–Kier alpha value is -3.39. The minimum Gasteiger partial charge on any atom is -0.455 e. The van der Waals surface area contributed by atoms with E-state index in [4.69, 9.17) is 8.53 Å². The first-order chi connectivity index (χ1) is 15.2. The topological polar surface area (TPSA) is 26.0 Å². The molecule has 0 amide bonds. The molecule has 0 aliphatic heterocycles. The molecule has 2 aromatic heterocycles. The molecule has 0 bridgehead atoms. The summed E-state index contributed by atoms with van der Waals surface area (Å²) in [5, 5.41) is 2.02. The van der Waals surface area contributed by atoms with Gasteiger partial charge in [0.15, 0.2) is 0 Å². The van der Waals surface area contributed by atoms with Crippen LogP contribution in [0.25, 0.3) is 33.2 Å². The third-order valence-electron chi connectivity index (χ3n) is 5.75. The highest BCUT2D eigenvalue weighted by molar-refractivity contribution is 6.09. The lowest BCUT2D eigenvalue weighted by Gasteiger charge is -2.26. The summed E-state index contributed by atoms with van der Waals surface area (Å²) in [6.45, 7) is 2.24. The van der Waals surface area contributed by atoms with Gasteiger partial charge < -0.3 is 4.42 Å². The van der Waals surface area contributed by atoms with E-state index in [9.17, 15) is 0 Å². The molecule has 0 saturated carbocycles. The molecule has 0 fully saturated rings. The van der Waals surface area contributed by atoms with E-state index in [0.29, 0.717) is 11.3 Å². The second-order valence-corrected chi connectivity index (χ2v) is 7.92. The van der Waals surface area contributed by atoms with E-state index in [1.165, 1.54) is 17.2 Å². The zero-order chi connectivity index (χ0) is 22.5. The minimum atomic E-state index is -2.18. The van der Waals surface area contributed by atoms with Gasteiger partial charge in [-0.25, -0.2) is 0 Å². The number of hydrogen-bond acceptors (Lipinski definition) is 2. The Balaban J connectivity index is 1.67. The summed E-state index contributed by atoms with van der Waals surface area (Å²) < 4.78 is 29.5. The van der Waals surface area contributed by atoms with Crippen LogP contribution in [0.1, 0.15) is 34.7 Å². The quantitative estimate of drug-likeness (QED) is 0.329.